The van der Waals surface area contributed by atoms with Crippen molar-refractivity contribution in [2.45, 2.75) is 0 Å². The highest BCUT2D eigenvalue weighted by atomic mass is 35.5. The summed E-state index contributed by atoms with van der Waals surface area (Å²) >= 11 is 7.47. The Labute approximate surface area is 205 Å². The maximum Gasteiger partial charge on any atom is 0.339 e. The van der Waals surface area contributed by atoms with Crippen LogP contribution in [0, 0.1) is 0 Å². The number of pyridine rings is 2. The first kappa shape index (κ1) is 22.3. The first-order valence-electron chi connectivity index (χ1n) is 10.8. The number of carbonyl (C=O) groups excluding carboxylic acids is 2. The van der Waals surface area contributed by atoms with Crippen molar-refractivity contribution < 1.29 is 14.3 Å². The predicted octanol–water partition coefficient (Wildman–Crippen LogP) is 4.52. The van der Waals surface area contributed by atoms with Gasteiger partial charge in [-0.05, 0) is 36.4 Å². The number of thiophene rings is 1. The van der Waals surface area contributed by atoms with Gasteiger partial charge in [0, 0.05) is 37.8 Å². The quantitative estimate of drug-likeness (QED) is 0.381. The number of hydrogen-bond acceptors (Lipinski definition) is 7. The number of nitrogens with zero attached hydrogens (tertiary/aromatic N) is 4. The Morgan fingerprint density at radius 3 is 2.53 bits per heavy atom. The third kappa shape index (κ3) is 4.73. The van der Waals surface area contributed by atoms with E-state index in [0.717, 1.165) is 10.7 Å². The number of hydrogen-bond donors (Lipinski definition) is 0. The Balaban J connectivity index is 1.26. The number of ether oxygens (including phenoxy) is 1. The Bertz CT molecular complexity index is 1340. The van der Waals surface area contributed by atoms with Crippen LogP contribution in [0.15, 0.2) is 66.9 Å². The van der Waals surface area contributed by atoms with E-state index in [0.29, 0.717) is 52.7 Å². The van der Waals surface area contributed by atoms with E-state index in [-0.39, 0.29) is 12.5 Å². The number of para-hydroxylation sites is 1. The molecule has 4 heterocycles. The first-order chi connectivity index (χ1) is 16.6. The number of amides is 1. The van der Waals surface area contributed by atoms with E-state index in [1.165, 1.54) is 11.3 Å². The lowest BCUT2D eigenvalue weighted by atomic mass is 10.1. The third-order valence-electron chi connectivity index (χ3n) is 5.69. The predicted molar refractivity (Wildman–Crippen MR) is 133 cm³/mol. The SMILES string of the molecule is O=C(OCC(=O)N1CCN(c2ccccn2)CC1)c1cc(-c2ccc(Cl)s2)nc2ccccc12. The Kier molecular flexibility index (Phi) is 6.42. The zero-order chi connectivity index (χ0) is 23.5. The molecule has 0 saturated carbocycles. The summed E-state index contributed by atoms with van der Waals surface area (Å²) in [6.45, 7) is 2.15. The number of fused-ring (bicyclic) bond motifs is 1. The minimum absolute atomic E-state index is 0.211. The minimum atomic E-state index is -0.553. The van der Waals surface area contributed by atoms with Gasteiger partial charge in [0.1, 0.15) is 5.82 Å². The summed E-state index contributed by atoms with van der Waals surface area (Å²) in [5, 5.41) is 0.676. The van der Waals surface area contributed by atoms with E-state index >= 15 is 0 Å². The summed E-state index contributed by atoms with van der Waals surface area (Å²) in [6.07, 6.45) is 1.76. The molecule has 34 heavy (non-hydrogen) atoms. The van der Waals surface area contributed by atoms with Gasteiger partial charge in [0.15, 0.2) is 6.61 Å². The fourth-order valence-electron chi connectivity index (χ4n) is 3.94. The molecule has 7 nitrogen and oxygen atoms in total. The summed E-state index contributed by atoms with van der Waals surface area (Å²) in [7, 11) is 0. The molecule has 1 aliphatic heterocycles. The van der Waals surface area contributed by atoms with Crippen molar-refractivity contribution in [3.05, 3.63) is 76.8 Å². The van der Waals surface area contributed by atoms with Crippen molar-refractivity contribution in [3.63, 3.8) is 0 Å². The van der Waals surface area contributed by atoms with Gasteiger partial charge >= 0.3 is 5.97 Å². The van der Waals surface area contributed by atoms with E-state index in [9.17, 15) is 9.59 Å². The highest BCUT2D eigenvalue weighted by Crippen LogP contribution is 2.32. The molecule has 3 aromatic heterocycles. The zero-order valence-corrected chi connectivity index (χ0v) is 19.8. The number of benzene rings is 1. The van der Waals surface area contributed by atoms with Crippen LogP contribution >= 0.6 is 22.9 Å². The molecule has 0 spiro atoms. The maximum absolute atomic E-state index is 13.0. The smallest absolute Gasteiger partial charge is 0.339 e. The third-order valence-corrected chi connectivity index (χ3v) is 6.95. The summed E-state index contributed by atoms with van der Waals surface area (Å²) in [6, 6.07) is 18.5. The van der Waals surface area contributed by atoms with Crippen LogP contribution in [-0.4, -0.2) is 59.5 Å². The van der Waals surface area contributed by atoms with Crippen molar-refractivity contribution in [3.8, 4) is 10.6 Å². The lowest BCUT2D eigenvalue weighted by Gasteiger charge is -2.35. The van der Waals surface area contributed by atoms with Gasteiger partial charge in [-0.3, -0.25) is 4.79 Å². The largest absolute Gasteiger partial charge is 0.452 e. The molecule has 1 amide bonds. The van der Waals surface area contributed by atoms with Crippen molar-refractivity contribution in [1.29, 1.82) is 0 Å². The van der Waals surface area contributed by atoms with Gasteiger partial charge in [0.05, 0.1) is 26.0 Å². The molecule has 0 unspecified atom stereocenters. The van der Waals surface area contributed by atoms with Crippen molar-refractivity contribution in [2.75, 3.05) is 37.7 Å². The monoisotopic (exact) mass is 492 g/mol. The van der Waals surface area contributed by atoms with Gasteiger partial charge in [-0.25, -0.2) is 14.8 Å². The van der Waals surface area contributed by atoms with Crippen molar-refractivity contribution in [1.82, 2.24) is 14.9 Å². The molecule has 1 aromatic carbocycles. The van der Waals surface area contributed by atoms with Gasteiger partial charge in [-0.2, -0.15) is 0 Å². The zero-order valence-electron chi connectivity index (χ0n) is 18.2. The highest BCUT2D eigenvalue weighted by molar-refractivity contribution is 7.19. The molecule has 0 bridgehead atoms. The van der Waals surface area contributed by atoms with Gasteiger partial charge in [-0.1, -0.05) is 35.9 Å². The fraction of sp³-hybridized carbons (Fsp3) is 0.200. The molecule has 1 saturated heterocycles. The Hall–Kier alpha value is -3.49. The molecule has 0 N–H and O–H groups in total. The van der Waals surface area contributed by atoms with Crippen LogP contribution in [0.3, 0.4) is 0 Å². The molecular formula is C25H21ClN4O3S. The van der Waals surface area contributed by atoms with Crippen LogP contribution in [0.2, 0.25) is 4.34 Å². The van der Waals surface area contributed by atoms with Gasteiger partial charge in [0.25, 0.3) is 5.91 Å². The molecule has 9 heteroatoms. The van der Waals surface area contributed by atoms with Gasteiger partial charge < -0.3 is 14.5 Å². The van der Waals surface area contributed by atoms with Crippen LogP contribution in [-0.2, 0) is 9.53 Å². The lowest BCUT2D eigenvalue weighted by molar-refractivity contribution is -0.134. The summed E-state index contributed by atoms with van der Waals surface area (Å²) in [5.41, 5.74) is 1.69. The Morgan fingerprint density at radius 2 is 1.79 bits per heavy atom. The number of carbonyl (C=O) groups is 2. The molecule has 0 radical (unpaired) electrons. The van der Waals surface area contributed by atoms with Crippen LogP contribution in [0.5, 0.6) is 0 Å². The highest BCUT2D eigenvalue weighted by Gasteiger charge is 2.23. The Morgan fingerprint density at radius 1 is 1.00 bits per heavy atom. The molecular weight excluding hydrogens is 472 g/mol. The number of piperazine rings is 1. The van der Waals surface area contributed by atoms with Crippen LogP contribution in [0.25, 0.3) is 21.5 Å². The molecule has 5 rings (SSSR count). The number of aromatic nitrogens is 2. The first-order valence-corrected chi connectivity index (χ1v) is 12.0. The van der Waals surface area contributed by atoms with Gasteiger partial charge in [0.2, 0.25) is 0 Å². The van der Waals surface area contributed by atoms with Crippen molar-refractivity contribution >= 4 is 51.5 Å². The average molecular weight is 493 g/mol. The normalized spacial score (nSPS) is 13.8. The van der Waals surface area contributed by atoms with E-state index in [2.05, 4.69) is 14.9 Å². The van der Waals surface area contributed by atoms with Crippen LogP contribution < -0.4 is 4.90 Å². The number of esters is 1. The summed E-state index contributed by atoms with van der Waals surface area (Å²) in [4.78, 5) is 39.5. The van der Waals surface area contributed by atoms with E-state index < -0.39 is 5.97 Å². The molecule has 1 fully saturated rings. The van der Waals surface area contributed by atoms with E-state index in [1.54, 1.807) is 23.2 Å². The number of halogens is 1. The topological polar surface area (TPSA) is 75.6 Å². The average Bonchev–Trinajstić information content (AvgIpc) is 3.33. The number of anilines is 1. The second-order valence-electron chi connectivity index (χ2n) is 7.81. The standard InChI is InChI=1S/C25H21ClN4O3S/c26-22-9-8-21(34-22)20-15-18(17-5-1-2-6-19(17)28-20)25(32)33-16-24(31)30-13-11-29(12-14-30)23-7-3-4-10-27-23/h1-10,15H,11-14,16H2. The molecule has 172 valence electrons. The molecule has 0 atom stereocenters. The molecule has 1 aliphatic rings. The van der Waals surface area contributed by atoms with E-state index in [4.69, 9.17) is 16.3 Å². The van der Waals surface area contributed by atoms with Crippen LogP contribution in [0.4, 0.5) is 5.82 Å². The second-order valence-corrected chi connectivity index (χ2v) is 9.52. The molecule has 4 aromatic rings. The number of rotatable bonds is 5. The van der Waals surface area contributed by atoms with Gasteiger partial charge in [-0.15, -0.1) is 11.3 Å². The van der Waals surface area contributed by atoms with Crippen molar-refractivity contribution in [2.24, 2.45) is 0 Å². The second kappa shape index (κ2) is 9.79. The summed E-state index contributed by atoms with van der Waals surface area (Å²) in [5.74, 6) is 0.133. The molecule has 0 aliphatic carbocycles. The van der Waals surface area contributed by atoms with E-state index in [1.807, 2.05) is 48.5 Å². The van der Waals surface area contributed by atoms with Crippen LogP contribution in [0.1, 0.15) is 10.4 Å². The maximum atomic E-state index is 13.0. The fourth-order valence-corrected chi connectivity index (χ4v) is 4.95. The lowest BCUT2D eigenvalue weighted by Crippen LogP contribution is -2.50. The minimum Gasteiger partial charge on any atom is -0.452 e. The summed E-state index contributed by atoms with van der Waals surface area (Å²) < 4.78 is 6.09.